The van der Waals surface area contributed by atoms with E-state index >= 15 is 0 Å². The number of thiocarbonyl (C=S) groups is 1. The van der Waals surface area contributed by atoms with Gasteiger partial charge in [-0.15, -0.1) is 0 Å². The molecule has 0 aliphatic carbocycles. The summed E-state index contributed by atoms with van der Waals surface area (Å²) >= 11 is 5.23. The summed E-state index contributed by atoms with van der Waals surface area (Å²) in [4.78, 5) is 37.3. The zero-order valence-electron chi connectivity index (χ0n) is 17.6. The molecule has 1 saturated heterocycles. The molecule has 1 aliphatic rings. The second-order valence-corrected chi connectivity index (χ2v) is 8.06. The lowest BCUT2D eigenvalue weighted by Gasteiger charge is -2.30. The van der Waals surface area contributed by atoms with E-state index in [0.717, 1.165) is 25.9 Å². The number of rotatable bonds is 5. The number of carbonyl (C=O) groups is 2. The Morgan fingerprint density at radius 3 is 2.59 bits per heavy atom. The van der Waals surface area contributed by atoms with Crippen molar-refractivity contribution in [1.82, 2.24) is 10.2 Å². The molecule has 0 spiro atoms. The fraction of sp³-hybridized carbons (Fsp3) is 0.261. The van der Waals surface area contributed by atoms with Crippen LogP contribution in [0.25, 0.3) is 6.08 Å². The number of nitrogens with one attached hydrogen (secondary N) is 2. The first-order valence-electron chi connectivity index (χ1n) is 10.3. The summed E-state index contributed by atoms with van der Waals surface area (Å²) in [5.41, 5.74) is 1.46. The average molecular weight is 453 g/mol. The van der Waals surface area contributed by atoms with E-state index in [2.05, 4.69) is 17.6 Å². The van der Waals surface area contributed by atoms with Crippen LogP contribution in [0.5, 0.6) is 0 Å². The van der Waals surface area contributed by atoms with Gasteiger partial charge in [0.2, 0.25) is 5.91 Å². The molecule has 32 heavy (non-hydrogen) atoms. The summed E-state index contributed by atoms with van der Waals surface area (Å²) in [5, 5.41) is 16.3. The highest BCUT2D eigenvalue weighted by Crippen LogP contribution is 2.22. The lowest BCUT2D eigenvalue weighted by atomic mass is 9.98. The van der Waals surface area contributed by atoms with Crippen LogP contribution in [0.15, 0.2) is 54.6 Å². The summed E-state index contributed by atoms with van der Waals surface area (Å²) in [6.45, 7) is 3.63. The van der Waals surface area contributed by atoms with E-state index < -0.39 is 10.8 Å². The standard InChI is InChI=1S/C23H24N4O4S/c1-16-11-13-26(14-12-16)22(29)19-7-2-3-8-20(19)24-23(32)25-21(28)10-9-17-5-4-6-18(15-17)27(30)31/h2-10,15-16H,11-14H2,1H3,(H2,24,25,28,32)/b10-9+. The van der Waals surface area contributed by atoms with Crippen molar-refractivity contribution in [1.29, 1.82) is 0 Å². The minimum atomic E-state index is -0.500. The van der Waals surface area contributed by atoms with Crippen LogP contribution in [-0.2, 0) is 4.79 Å². The van der Waals surface area contributed by atoms with Gasteiger partial charge >= 0.3 is 0 Å². The van der Waals surface area contributed by atoms with Gasteiger partial charge in [0, 0.05) is 31.3 Å². The van der Waals surface area contributed by atoms with E-state index in [1.807, 2.05) is 4.90 Å². The highest BCUT2D eigenvalue weighted by atomic mass is 32.1. The maximum Gasteiger partial charge on any atom is 0.270 e. The van der Waals surface area contributed by atoms with Crippen molar-refractivity contribution in [2.24, 2.45) is 5.92 Å². The first kappa shape index (κ1) is 23.1. The fourth-order valence-electron chi connectivity index (χ4n) is 3.38. The van der Waals surface area contributed by atoms with Crippen LogP contribution in [0.1, 0.15) is 35.7 Å². The normalized spacial score (nSPS) is 14.2. The van der Waals surface area contributed by atoms with Crippen molar-refractivity contribution in [3.05, 3.63) is 75.8 Å². The zero-order valence-corrected chi connectivity index (χ0v) is 18.4. The van der Waals surface area contributed by atoms with Gasteiger partial charge in [-0.1, -0.05) is 31.2 Å². The minimum Gasteiger partial charge on any atom is -0.339 e. The van der Waals surface area contributed by atoms with Crippen LogP contribution in [-0.4, -0.2) is 39.8 Å². The average Bonchev–Trinajstić information content (AvgIpc) is 2.78. The molecule has 1 fully saturated rings. The topological polar surface area (TPSA) is 105 Å². The molecule has 0 aromatic heterocycles. The third kappa shape index (κ3) is 6.21. The Morgan fingerprint density at radius 1 is 1.16 bits per heavy atom. The zero-order chi connectivity index (χ0) is 23.1. The van der Waals surface area contributed by atoms with Crippen LogP contribution in [0, 0.1) is 16.0 Å². The number of carbonyl (C=O) groups excluding carboxylic acids is 2. The van der Waals surface area contributed by atoms with Gasteiger partial charge in [-0.05, 0) is 54.7 Å². The summed E-state index contributed by atoms with van der Waals surface area (Å²) in [6, 6.07) is 13.0. The molecular weight excluding hydrogens is 428 g/mol. The lowest BCUT2D eigenvalue weighted by Crippen LogP contribution is -2.39. The number of likely N-dealkylation sites (tertiary alicyclic amines) is 1. The van der Waals surface area contributed by atoms with Gasteiger partial charge in [0.1, 0.15) is 0 Å². The number of piperidine rings is 1. The van der Waals surface area contributed by atoms with Crippen molar-refractivity contribution in [2.45, 2.75) is 19.8 Å². The molecule has 1 aliphatic heterocycles. The summed E-state index contributed by atoms with van der Waals surface area (Å²) in [5.74, 6) is 0.0489. The second-order valence-electron chi connectivity index (χ2n) is 7.65. The maximum atomic E-state index is 13.0. The van der Waals surface area contributed by atoms with Crippen molar-refractivity contribution in [2.75, 3.05) is 18.4 Å². The molecule has 2 N–H and O–H groups in total. The summed E-state index contributed by atoms with van der Waals surface area (Å²) < 4.78 is 0. The van der Waals surface area contributed by atoms with Crippen molar-refractivity contribution in [3.63, 3.8) is 0 Å². The number of hydrogen-bond donors (Lipinski definition) is 2. The number of nitro groups is 1. The van der Waals surface area contributed by atoms with Gasteiger partial charge in [-0.3, -0.25) is 25.0 Å². The predicted octanol–water partition coefficient (Wildman–Crippen LogP) is 3.99. The molecule has 0 unspecified atom stereocenters. The van der Waals surface area contributed by atoms with E-state index in [4.69, 9.17) is 12.2 Å². The molecule has 1 heterocycles. The maximum absolute atomic E-state index is 13.0. The Labute approximate surface area is 191 Å². The van der Waals surface area contributed by atoms with E-state index in [1.165, 1.54) is 24.3 Å². The van der Waals surface area contributed by atoms with E-state index in [-0.39, 0.29) is 16.7 Å². The molecule has 0 atom stereocenters. The van der Waals surface area contributed by atoms with Gasteiger partial charge in [0.15, 0.2) is 5.11 Å². The van der Waals surface area contributed by atoms with Gasteiger partial charge in [0.25, 0.3) is 11.6 Å². The molecule has 9 heteroatoms. The van der Waals surface area contributed by atoms with E-state index in [9.17, 15) is 19.7 Å². The number of nitro benzene ring substituents is 1. The number of para-hydroxylation sites is 1. The molecule has 0 saturated carbocycles. The molecule has 0 radical (unpaired) electrons. The lowest BCUT2D eigenvalue weighted by molar-refractivity contribution is -0.384. The number of non-ortho nitro benzene ring substituents is 1. The Hall–Kier alpha value is -3.59. The molecule has 166 valence electrons. The molecule has 2 aromatic rings. The molecule has 2 aromatic carbocycles. The van der Waals surface area contributed by atoms with Crippen LogP contribution in [0.3, 0.4) is 0 Å². The molecule has 2 amide bonds. The highest BCUT2D eigenvalue weighted by molar-refractivity contribution is 7.80. The van der Waals surface area contributed by atoms with Gasteiger partial charge in [-0.25, -0.2) is 0 Å². The van der Waals surface area contributed by atoms with Crippen molar-refractivity contribution >= 4 is 46.6 Å². The number of anilines is 1. The predicted molar refractivity (Wildman–Crippen MR) is 127 cm³/mol. The smallest absolute Gasteiger partial charge is 0.270 e. The van der Waals surface area contributed by atoms with Crippen LogP contribution in [0.4, 0.5) is 11.4 Å². The van der Waals surface area contributed by atoms with Gasteiger partial charge < -0.3 is 10.2 Å². The molecular formula is C23H24N4O4S. The van der Waals surface area contributed by atoms with Gasteiger partial charge in [0.05, 0.1) is 16.2 Å². The van der Waals surface area contributed by atoms with Crippen molar-refractivity contribution in [3.8, 4) is 0 Å². The largest absolute Gasteiger partial charge is 0.339 e. The second kappa shape index (κ2) is 10.6. The first-order valence-corrected chi connectivity index (χ1v) is 10.7. The SMILES string of the molecule is CC1CCN(C(=O)c2ccccc2NC(=S)NC(=O)/C=C/c2cccc([N+](=O)[O-])c2)CC1. The Kier molecular flexibility index (Phi) is 7.67. The molecule has 0 bridgehead atoms. The van der Waals surface area contributed by atoms with Crippen LogP contribution in [0.2, 0.25) is 0 Å². The Morgan fingerprint density at radius 2 is 1.88 bits per heavy atom. The highest BCUT2D eigenvalue weighted by Gasteiger charge is 2.23. The molecule has 3 rings (SSSR count). The quantitative estimate of drug-likeness (QED) is 0.308. The number of benzene rings is 2. The van der Waals surface area contributed by atoms with E-state index in [1.54, 1.807) is 36.4 Å². The summed E-state index contributed by atoms with van der Waals surface area (Å²) in [7, 11) is 0. The van der Waals surface area contributed by atoms with Crippen LogP contribution >= 0.6 is 12.2 Å². The third-order valence-corrected chi connectivity index (χ3v) is 5.43. The minimum absolute atomic E-state index is 0.0474. The van der Waals surface area contributed by atoms with Crippen LogP contribution < -0.4 is 10.6 Å². The molecule has 8 nitrogen and oxygen atoms in total. The van der Waals surface area contributed by atoms with Gasteiger partial charge in [-0.2, -0.15) is 0 Å². The Bertz CT molecular complexity index is 1060. The van der Waals surface area contributed by atoms with Crippen molar-refractivity contribution < 1.29 is 14.5 Å². The fourth-order valence-corrected chi connectivity index (χ4v) is 3.59. The third-order valence-electron chi connectivity index (χ3n) is 5.22. The van der Waals surface area contributed by atoms with E-state index in [0.29, 0.717) is 22.7 Å². The number of hydrogen-bond acceptors (Lipinski definition) is 5. The summed E-state index contributed by atoms with van der Waals surface area (Å²) in [6.07, 6.45) is 4.65. The number of nitrogens with zero attached hydrogens (tertiary/aromatic N) is 2. The Balaban J connectivity index is 1.61. The first-order chi connectivity index (χ1) is 15.3. The number of amides is 2. The monoisotopic (exact) mass is 452 g/mol.